The Balaban J connectivity index is 1.21. The van der Waals surface area contributed by atoms with Gasteiger partial charge in [0.15, 0.2) is 4.34 Å². The largest absolute Gasteiger partial charge is 0.419 e. The van der Waals surface area contributed by atoms with Gasteiger partial charge in [0.05, 0.1) is 22.9 Å². The second kappa shape index (κ2) is 8.52. The zero-order valence-corrected chi connectivity index (χ0v) is 18.3. The van der Waals surface area contributed by atoms with E-state index >= 15 is 0 Å². The van der Waals surface area contributed by atoms with E-state index in [4.69, 9.17) is 16.0 Å². The summed E-state index contributed by atoms with van der Waals surface area (Å²) < 4.78 is 6.57. The smallest absolute Gasteiger partial charge is 0.249 e. The Labute approximate surface area is 186 Å². The molecule has 0 atom stereocenters. The number of amides is 1. The first kappa shape index (κ1) is 19.8. The van der Waals surface area contributed by atoms with Crippen LogP contribution in [0.2, 0.25) is 5.02 Å². The second-order valence-electron chi connectivity index (χ2n) is 7.31. The van der Waals surface area contributed by atoms with Crippen LogP contribution in [0, 0.1) is 0 Å². The quantitative estimate of drug-likeness (QED) is 0.475. The molecule has 0 unspecified atom stereocenters. The minimum atomic E-state index is 0.0342. The first-order valence-electron chi connectivity index (χ1n) is 9.75. The van der Waals surface area contributed by atoms with Gasteiger partial charge in [-0.2, -0.15) is 0 Å². The molecule has 1 aromatic carbocycles. The van der Waals surface area contributed by atoms with Crippen molar-refractivity contribution >= 4 is 45.7 Å². The normalized spacial score (nSPS) is 15.9. The fourth-order valence-electron chi connectivity index (χ4n) is 2.95. The van der Waals surface area contributed by atoms with Crippen LogP contribution >= 0.6 is 34.7 Å². The maximum absolute atomic E-state index is 12.9. The molecule has 3 aromatic rings. The van der Waals surface area contributed by atoms with Crippen LogP contribution in [0.4, 0.5) is 5.13 Å². The summed E-state index contributed by atoms with van der Waals surface area (Å²) in [5.74, 6) is 1.10. The van der Waals surface area contributed by atoms with Gasteiger partial charge in [0.25, 0.3) is 0 Å². The molecule has 1 amide bonds. The van der Waals surface area contributed by atoms with Crippen molar-refractivity contribution in [2.24, 2.45) is 0 Å². The molecule has 5 rings (SSSR count). The van der Waals surface area contributed by atoms with E-state index in [1.807, 2.05) is 23.1 Å². The monoisotopic (exact) mass is 462 g/mol. The van der Waals surface area contributed by atoms with Crippen molar-refractivity contribution in [3.8, 4) is 11.5 Å². The standard InChI is InChI=1S/C19H19ClN6O2S2/c20-14-4-2-1-3-13(14)17-23-22-15(28-17)9-26(12-7-8-12)16(27)10-29-19-25-24-18(30-19)21-11-5-6-11/h1-4,11-12H,5-10H2,(H,21,24). The highest BCUT2D eigenvalue weighted by Gasteiger charge is 2.34. The number of benzene rings is 1. The lowest BCUT2D eigenvalue weighted by atomic mass is 10.2. The lowest BCUT2D eigenvalue weighted by molar-refractivity contribution is -0.129. The summed E-state index contributed by atoms with van der Waals surface area (Å²) >= 11 is 9.11. The number of hydrogen-bond donors (Lipinski definition) is 1. The third kappa shape index (κ3) is 4.76. The highest BCUT2D eigenvalue weighted by molar-refractivity contribution is 8.01. The number of nitrogens with zero attached hydrogens (tertiary/aromatic N) is 5. The van der Waals surface area contributed by atoms with Crippen molar-refractivity contribution in [1.29, 1.82) is 0 Å². The summed E-state index contributed by atoms with van der Waals surface area (Å²) in [4.78, 5) is 14.7. The van der Waals surface area contributed by atoms with E-state index < -0.39 is 0 Å². The second-order valence-corrected chi connectivity index (χ2v) is 9.92. The lowest BCUT2D eigenvalue weighted by Crippen LogP contribution is -2.34. The number of hydrogen-bond acceptors (Lipinski definition) is 9. The Morgan fingerprint density at radius 2 is 2.03 bits per heavy atom. The predicted octanol–water partition coefficient (Wildman–Crippen LogP) is 4.10. The lowest BCUT2D eigenvalue weighted by Gasteiger charge is -2.20. The fraction of sp³-hybridized carbons (Fsp3) is 0.421. The van der Waals surface area contributed by atoms with E-state index in [9.17, 15) is 4.79 Å². The van der Waals surface area contributed by atoms with E-state index in [2.05, 4.69) is 25.7 Å². The highest BCUT2D eigenvalue weighted by atomic mass is 35.5. The van der Waals surface area contributed by atoms with Crippen molar-refractivity contribution in [2.45, 2.75) is 48.7 Å². The molecule has 0 radical (unpaired) electrons. The maximum Gasteiger partial charge on any atom is 0.249 e. The van der Waals surface area contributed by atoms with Crippen LogP contribution in [0.1, 0.15) is 31.6 Å². The SMILES string of the molecule is O=C(CSc1nnc(NC2CC2)s1)N(Cc1nnc(-c2ccccc2Cl)o1)C1CC1. The average Bonchev–Trinajstić information content (AvgIpc) is 3.66. The summed E-state index contributed by atoms with van der Waals surface area (Å²) in [5.41, 5.74) is 0.685. The Kier molecular flexibility index (Phi) is 5.62. The molecule has 2 fully saturated rings. The number of carbonyl (C=O) groups excluding carboxylic acids is 1. The molecule has 0 spiro atoms. The first-order valence-corrected chi connectivity index (χ1v) is 11.9. The van der Waals surface area contributed by atoms with Gasteiger partial charge in [0, 0.05) is 12.1 Å². The zero-order chi connectivity index (χ0) is 20.5. The summed E-state index contributed by atoms with van der Waals surface area (Å²) in [6, 6.07) is 8.08. The summed E-state index contributed by atoms with van der Waals surface area (Å²) in [6.45, 7) is 0.298. The van der Waals surface area contributed by atoms with Crippen LogP contribution < -0.4 is 5.32 Å². The van der Waals surface area contributed by atoms with Crippen molar-refractivity contribution in [2.75, 3.05) is 11.1 Å². The van der Waals surface area contributed by atoms with Gasteiger partial charge in [-0.25, -0.2) is 0 Å². The number of thioether (sulfide) groups is 1. The molecule has 2 aromatic heterocycles. The number of halogens is 1. The van der Waals surface area contributed by atoms with Gasteiger partial charge in [0.1, 0.15) is 0 Å². The van der Waals surface area contributed by atoms with E-state index in [1.54, 1.807) is 6.07 Å². The Bertz CT molecular complexity index is 1050. The Hall–Kier alpha value is -2.17. The molecule has 2 saturated carbocycles. The van der Waals surface area contributed by atoms with Gasteiger partial charge in [-0.3, -0.25) is 4.79 Å². The summed E-state index contributed by atoms with van der Waals surface area (Å²) in [6.07, 6.45) is 4.36. The number of nitrogens with one attached hydrogen (secondary N) is 1. The molecular formula is C19H19ClN6O2S2. The molecule has 8 nitrogen and oxygen atoms in total. The molecule has 1 N–H and O–H groups in total. The molecule has 11 heteroatoms. The maximum atomic E-state index is 12.9. The average molecular weight is 463 g/mol. The van der Waals surface area contributed by atoms with Crippen molar-refractivity contribution in [3.05, 3.63) is 35.2 Å². The van der Waals surface area contributed by atoms with Crippen LogP contribution in [-0.4, -0.2) is 49.0 Å². The minimum absolute atomic E-state index is 0.0342. The zero-order valence-electron chi connectivity index (χ0n) is 16.0. The third-order valence-corrected chi connectivity index (χ3v) is 7.12. The summed E-state index contributed by atoms with van der Waals surface area (Å²) in [5, 5.41) is 21.2. The summed E-state index contributed by atoms with van der Waals surface area (Å²) in [7, 11) is 0. The predicted molar refractivity (Wildman–Crippen MR) is 116 cm³/mol. The van der Waals surface area contributed by atoms with Crippen LogP contribution in [0.25, 0.3) is 11.5 Å². The fourth-order valence-corrected chi connectivity index (χ4v) is 4.88. The number of rotatable bonds is 9. The molecule has 156 valence electrons. The van der Waals surface area contributed by atoms with Crippen LogP contribution in [-0.2, 0) is 11.3 Å². The van der Waals surface area contributed by atoms with Gasteiger partial charge in [-0.05, 0) is 37.8 Å². The van der Waals surface area contributed by atoms with Gasteiger partial charge in [0.2, 0.25) is 22.8 Å². The first-order chi connectivity index (χ1) is 14.7. The van der Waals surface area contributed by atoms with Crippen molar-refractivity contribution < 1.29 is 9.21 Å². The van der Waals surface area contributed by atoms with E-state index in [1.165, 1.54) is 35.9 Å². The van der Waals surface area contributed by atoms with Crippen LogP contribution in [0.5, 0.6) is 0 Å². The van der Waals surface area contributed by atoms with Gasteiger partial charge < -0.3 is 14.6 Å². The Morgan fingerprint density at radius 3 is 2.80 bits per heavy atom. The van der Waals surface area contributed by atoms with Crippen molar-refractivity contribution in [3.63, 3.8) is 0 Å². The minimum Gasteiger partial charge on any atom is -0.419 e. The van der Waals surface area contributed by atoms with Gasteiger partial charge in [-0.1, -0.05) is 46.8 Å². The van der Waals surface area contributed by atoms with E-state index in [0.29, 0.717) is 40.7 Å². The molecule has 2 aliphatic carbocycles. The Morgan fingerprint density at radius 1 is 1.20 bits per heavy atom. The number of anilines is 1. The van der Waals surface area contributed by atoms with E-state index in [0.717, 1.165) is 22.3 Å². The molecule has 2 aliphatic rings. The van der Waals surface area contributed by atoms with Crippen LogP contribution in [0.15, 0.2) is 33.0 Å². The molecular weight excluding hydrogens is 444 g/mol. The van der Waals surface area contributed by atoms with Gasteiger partial charge >= 0.3 is 0 Å². The molecule has 0 saturated heterocycles. The molecule has 2 heterocycles. The van der Waals surface area contributed by atoms with Crippen molar-refractivity contribution in [1.82, 2.24) is 25.3 Å². The number of aromatic nitrogens is 4. The van der Waals surface area contributed by atoms with Crippen LogP contribution in [0.3, 0.4) is 0 Å². The van der Waals surface area contributed by atoms with E-state index in [-0.39, 0.29) is 11.9 Å². The topological polar surface area (TPSA) is 97.0 Å². The third-order valence-electron chi connectivity index (χ3n) is 4.82. The molecule has 30 heavy (non-hydrogen) atoms. The number of carbonyl (C=O) groups is 1. The molecule has 0 aliphatic heterocycles. The molecule has 0 bridgehead atoms. The van der Waals surface area contributed by atoms with Gasteiger partial charge in [-0.15, -0.1) is 20.4 Å². The highest BCUT2D eigenvalue weighted by Crippen LogP contribution is 2.33.